The first-order chi connectivity index (χ1) is 18.0. The molecule has 38 heavy (non-hydrogen) atoms. The lowest BCUT2D eigenvalue weighted by Crippen LogP contribution is -2.45. The van der Waals surface area contributed by atoms with E-state index in [0.29, 0.717) is 6.54 Å². The van der Waals surface area contributed by atoms with Crippen molar-refractivity contribution in [2.75, 3.05) is 19.6 Å². The molecular weight excluding hydrogens is 533 g/mol. The van der Waals surface area contributed by atoms with Gasteiger partial charge >= 0.3 is 12.1 Å². The fourth-order valence-electron chi connectivity index (χ4n) is 4.28. The van der Waals surface area contributed by atoms with Gasteiger partial charge in [-0.3, -0.25) is 9.59 Å². The molecule has 1 saturated heterocycles. The Morgan fingerprint density at radius 3 is 2.63 bits per heavy atom. The molecule has 0 aliphatic carbocycles. The molecule has 0 unspecified atom stereocenters. The minimum atomic E-state index is -4.67. The Morgan fingerprint density at radius 2 is 1.97 bits per heavy atom. The number of halogens is 5. The highest BCUT2D eigenvalue weighted by Gasteiger charge is 2.35. The molecule has 1 fully saturated rings. The van der Waals surface area contributed by atoms with Crippen molar-refractivity contribution in [3.05, 3.63) is 53.2 Å². The number of carbonyl (C=O) groups excluding carboxylic acids is 1. The maximum Gasteiger partial charge on any atom is 0.417 e. The number of amides is 1. The number of rotatable bonds is 9. The molecule has 0 bridgehead atoms. The highest BCUT2D eigenvalue weighted by molar-refractivity contribution is 7.12. The first-order valence-corrected chi connectivity index (χ1v) is 12.6. The largest absolute Gasteiger partial charge is 0.481 e. The fraction of sp³-hybridized carbons (Fsp3) is 0.417. The van der Waals surface area contributed by atoms with Crippen molar-refractivity contribution in [2.24, 2.45) is 0 Å². The van der Waals surface area contributed by atoms with Crippen LogP contribution >= 0.6 is 11.3 Å². The number of hydrogen-bond acceptors (Lipinski definition) is 6. The summed E-state index contributed by atoms with van der Waals surface area (Å²) in [6.07, 6.45) is -6.68. The first-order valence-electron chi connectivity index (χ1n) is 11.7. The van der Waals surface area contributed by atoms with E-state index >= 15 is 0 Å². The maximum absolute atomic E-state index is 13.7. The van der Waals surface area contributed by atoms with Crippen molar-refractivity contribution in [1.29, 1.82) is 0 Å². The van der Waals surface area contributed by atoms with Crippen LogP contribution in [0.4, 0.5) is 22.0 Å². The summed E-state index contributed by atoms with van der Waals surface area (Å²) < 4.78 is 69.5. The van der Waals surface area contributed by atoms with E-state index in [4.69, 9.17) is 0 Å². The molecule has 14 heteroatoms. The van der Waals surface area contributed by atoms with E-state index in [0.717, 1.165) is 22.1 Å². The predicted molar refractivity (Wildman–Crippen MR) is 129 cm³/mol. The molecule has 8 nitrogen and oxygen atoms in total. The minimum Gasteiger partial charge on any atom is -0.481 e. The van der Waals surface area contributed by atoms with Crippen molar-refractivity contribution in [1.82, 2.24) is 25.0 Å². The second-order valence-corrected chi connectivity index (χ2v) is 9.74. The van der Waals surface area contributed by atoms with E-state index < -0.39 is 48.4 Å². The lowest BCUT2D eigenvalue weighted by molar-refractivity contribution is -0.138. The second kappa shape index (κ2) is 11.6. The van der Waals surface area contributed by atoms with Crippen LogP contribution in [-0.2, 0) is 11.0 Å². The van der Waals surface area contributed by atoms with Crippen molar-refractivity contribution < 1.29 is 36.6 Å². The van der Waals surface area contributed by atoms with Crippen molar-refractivity contribution in [3.8, 4) is 16.4 Å². The van der Waals surface area contributed by atoms with E-state index in [1.54, 1.807) is 10.3 Å². The monoisotopic (exact) mass is 557 g/mol. The molecule has 2 N–H and O–H groups in total. The Balaban J connectivity index is 1.58. The molecule has 1 aromatic carbocycles. The Bertz CT molecular complexity index is 1270. The number of carboxylic acid groups (broad SMARTS) is 1. The summed E-state index contributed by atoms with van der Waals surface area (Å²) in [7, 11) is 0. The SMILES string of the molecule is O=C(O)C[C@H](CCN1CC[C@@H](F)[C@@H](F)C1)NC(=O)c1cc(-c2ccccc2C(F)(F)F)n(-c2nccs2)n1. The highest BCUT2D eigenvalue weighted by Crippen LogP contribution is 2.38. The fourth-order valence-corrected chi connectivity index (χ4v) is 4.88. The van der Waals surface area contributed by atoms with E-state index in [2.05, 4.69) is 15.4 Å². The summed E-state index contributed by atoms with van der Waals surface area (Å²) in [6.45, 7) is 0.397. The van der Waals surface area contributed by atoms with Gasteiger partial charge < -0.3 is 15.3 Å². The number of aromatic nitrogens is 3. The van der Waals surface area contributed by atoms with Crippen LogP contribution in [0.3, 0.4) is 0 Å². The minimum absolute atomic E-state index is 0.0177. The third kappa shape index (κ3) is 6.54. The smallest absolute Gasteiger partial charge is 0.417 e. The quantitative estimate of drug-likeness (QED) is 0.380. The molecule has 3 heterocycles. The van der Waals surface area contributed by atoms with Crippen LogP contribution < -0.4 is 5.32 Å². The third-order valence-corrected chi connectivity index (χ3v) is 6.89. The van der Waals surface area contributed by atoms with Gasteiger partial charge in [0.25, 0.3) is 5.91 Å². The number of hydrogen-bond donors (Lipinski definition) is 2. The van der Waals surface area contributed by atoms with Gasteiger partial charge in [0.1, 0.15) is 12.3 Å². The molecule has 2 aromatic heterocycles. The Labute approximate surface area is 218 Å². The molecule has 0 saturated carbocycles. The van der Waals surface area contributed by atoms with Crippen LogP contribution in [0.1, 0.15) is 35.3 Å². The summed E-state index contributed by atoms with van der Waals surface area (Å²) in [5.74, 6) is -1.97. The van der Waals surface area contributed by atoms with Gasteiger partial charge in [0.2, 0.25) is 5.13 Å². The van der Waals surface area contributed by atoms with Crippen LogP contribution in [0.2, 0.25) is 0 Å². The average Bonchev–Trinajstić information content (AvgIpc) is 3.54. The molecule has 3 atom stereocenters. The molecule has 0 radical (unpaired) electrons. The Hall–Kier alpha value is -3.39. The summed E-state index contributed by atoms with van der Waals surface area (Å²) in [6, 6.07) is 5.18. The van der Waals surface area contributed by atoms with E-state index in [1.165, 1.54) is 30.5 Å². The van der Waals surface area contributed by atoms with E-state index in [-0.39, 0.29) is 48.0 Å². The molecular formula is C24H24F5N5O3S. The zero-order valence-corrected chi connectivity index (χ0v) is 20.7. The summed E-state index contributed by atoms with van der Waals surface area (Å²) in [5.41, 5.74) is -1.38. The number of nitrogens with zero attached hydrogens (tertiary/aromatic N) is 4. The lowest BCUT2D eigenvalue weighted by Gasteiger charge is -2.32. The van der Waals surface area contributed by atoms with Gasteiger partial charge in [-0.25, -0.2) is 18.4 Å². The number of carboxylic acids is 1. The second-order valence-electron chi connectivity index (χ2n) is 8.86. The molecule has 4 rings (SSSR count). The Kier molecular flexibility index (Phi) is 8.41. The molecule has 3 aromatic rings. The van der Waals surface area contributed by atoms with Crippen molar-refractivity contribution in [3.63, 3.8) is 0 Å². The van der Waals surface area contributed by atoms with Crippen LogP contribution in [-0.4, -0.2) is 74.7 Å². The summed E-state index contributed by atoms with van der Waals surface area (Å²) in [4.78, 5) is 30.2. The molecule has 1 amide bonds. The van der Waals surface area contributed by atoms with Gasteiger partial charge in [0, 0.05) is 42.8 Å². The number of nitrogens with one attached hydrogen (secondary N) is 1. The van der Waals surface area contributed by atoms with Gasteiger partial charge in [-0.1, -0.05) is 18.2 Å². The Morgan fingerprint density at radius 1 is 1.21 bits per heavy atom. The zero-order valence-electron chi connectivity index (χ0n) is 19.9. The number of likely N-dealkylation sites (tertiary alicyclic amines) is 1. The van der Waals surface area contributed by atoms with Crippen LogP contribution in [0.5, 0.6) is 0 Å². The third-order valence-electron chi connectivity index (χ3n) is 6.15. The van der Waals surface area contributed by atoms with E-state index in [9.17, 15) is 36.6 Å². The topological polar surface area (TPSA) is 100 Å². The number of benzene rings is 1. The van der Waals surface area contributed by atoms with Crippen LogP contribution in [0.25, 0.3) is 16.4 Å². The van der Waals surface area contributed by atoms with Gasteiger partial charge in [-0.2, -0.15) is 18.3 Å². The first kappa shape index (κ1) is 27.6. The number of aliphatic carboxylic acids is 1. The van der Waals surface area contributed by atoms with Crippen molar-refractivity contribution in [2.45, 2.75) is 43.8 Å². The maximum atomic E-state index is 13.7. The van der Waals surface area contributed by atoms with Crippen molar-refractivity contribution >= 4 is 23.2 Å². The molecule has 0 spiro atoms. The molecule has 1 aliphatic heterocycles. The van der Waals surface area contributed by atoms with Gasteiger partial charge in [0.05, 0.1) is 17.7 Å². The predicted octanol–water partition coefficient (Wildman–Crippen LogP) is 4.36. The zero-order chi connectivity index (χ0) is 27.4. The number of thiazole rings is 1. The van der Waals surface area contributed by atoms with Crippen LogP contribution in [0, 0.1) is 0 Å². The normalized spacial score (nSPS) is 19.3. The number of alkyl halides is 5. The molecule has 204 valence electrons. The number of piperidine rings is 1. The number of carbonyl (C=O) groups is 2. The van der Waals surface area contributed by atoms with Gasteiger partial charge in [0.15, 0.2) is 5.69 Å². The summed E-state index contributed by atoms with van der Waals surface area (Å²) in [5, 5.41) is 17.9. The summed E-state index contributed by atoms with van der Waals surface area (Å²) >= 11 is 1.11. The van der Waals surface area contributed by atoms with Gasteiger partial charge in [-0.15, -0.1) is 11.3 Å². The van der Waals surface area contributed by atoms with Crippen LogP contribution in [0.15, 0.2) is 41.9 Å². The average molecular weight is 558 g/mol. The standard InChI is InChI=1S/C24H24F5N5O3S/c25-17-6-9-33(13-18(17)26)8-5-14(11-21(35)36)31-22(37)19-12-20(34(32-19)23-30-7-10-38-23)15-3-1-2-4-16(15)24(27,28)29/h1-4,7,10,12,14,17-18H,5-6,8-9,11,13H2,(H,31,37)(H,35,36)/t14-,17+,18-/m0/s1. The highest BCUT2D eigenvalue weighted by atomic mass is 32.1. The lowest BCUT2D eigenvalue weighted by atomic mass is 10.0. The van der Waals surface area contributed by atoms with Gasteiger partial charge in [-0.05, 0) is 25.0 Å². The molecule has 1 aliphatic rings. The van der Waals surface area contributed by atoms with E-state index in [1.807, 2.05) is 0 Å².